The highest BCUT2D eigenvalue weighted by Crippen LogP contribution is 2.19. The van der Waals surface area contributed by atoms with Crippen LogP contribution in [0.3, 0.4) is 0 Å². The number of para-hydroxylation sites is 1. The van der Waals surface area contributed by atoms with Crippen LogP contribution in [0.1, 0.15) is 17.7 Å². The Labute approximate surface area is 228 Å². The van der Waals surface area contributed by atoms with Gasteiger partial charge in [0.15, 0.2) is 0 Å². The first-order chi connectivity index (χ1) is 18.6. The minimum Gasteiger partial charge on any atom is -0.480 e. The van der Waals surface area contributed by atoms with Gasteiger partial charge in [-0.05, 0) is 11.6 Å². The van der Waals surface area contributed by atoms with Gasteiger partial charge in [-0.15, -0.1) is 0 Å². The van der Waals surface area contributed by atoms with Crippen LogP contribution in [-0.2, 0) is 36.8 Å². The van der Waals surface area contributed by atoms with Gasteiger partial charge in [-0.2, -0.15) is 12.6 Å². The van der Waals surface area contributed by atoms with Crippen LogP contribution in [0.5, 0.6) is 0 Å². The van der Waals surface area contributed by atoms with Gasteiger partial charge >= 0.3 is 5.97 Å². The summed E-state index contributed by atoms with van der Waals surface area (Å²) in [6, 6.07) is 2.26. The number of imidazole rings is 1. The van der Waals surface area contributed by atoms with Crippen molar-refractivity contribution in [2.24, 2.45) is 11.5 Å². The van der Waals surface area contributed by atoms with Gasteiger partial charge in [0.2, 0.25) is 23.6 Å². The predicted octanol–water partition coefficient (Wildman–Crippen LogP) is -1.65. The summed E-state index contributed by atoms with van der Waals surface area (Å²) in [5.41, 5.74) is 13.2. The van der Waals surface area contributed by atoms with E-state index in [-0.39, 0.29) is 18.6 Å². The van der Waals surface area contributed by atoms with Gasteiger partial charge in [-0.25, -0.2) is 9.78 Å². The summed E-state index contributed by atoms with van der Waals surface area (Å²) in [5, 5.41) is 17.5. The van der Waals surface area contributed by atoms with Crippen LogP contribution in [0, 0.1) is 0 Å². The molecule has 0 aliphatic rings. The number of aromatic nitrogens is 3. The second kappa shape index (κ2) is 13.4. The molecular weight excluding hydrogens is 528 g/mol. The molecule has 4 atom stereocenters. The number of aliphatic carboxylic acids is 1. The lowest BCUT2D eigenvalue weighted by molar-refractivity contribution is -0.143. The van der Waals surface area contributed by atoms with E-state index in [1.165, 1.54) is 12.5 Å². The first-order valence-electron chi connectivity index (χ1n) is 11.9. The minimum atomic E-state index is -1.60. The third-order valence-corrected chi connectivity index (χ3v) is 6.26. The normalized spacial score (nSPS) is 14.1. The molecule has 2 heterocycles. The number of carboxylic acid groups (broad SMARTS) is 1. The van der Waals surface area contributed by atoms with Crippen LogP contribution >= 0.6 is 12.6 Å². The number of carbonyl (C=O) groups excluding carboxylic acids is 4. The van der Waals surface area contributed by atoms with Crippen LogP contribution < -0.4 is 27.4 Å². The topological polar surface area (TPSA) is 238 Å². The summed E-state index contributed by atoms with van der Waals surface area (Å²) >= 11 is 4.15. The Kier molecular flexibility index (Phi) is 10.1. The predicted molar refractivity (Wildman–Crippen MR) is 143 cm³/mol. The van der Waals surface area contributed by atoms with E-state index in [9.17, 15) is 29.1 Å². The number of nitrogens with two attached hydrogens (primary N) is 2. The Hall–Kier alpha value is -4.37. The van der Waals surface area contributed by atoms with Gasteiger partial charge in [0.05, 0.1) is 18.8 Å². The van der Waals surface area contributed by atoms with E-state index in [1.807, 2.05) is 18.2 Å². The van der Waals surface area contributed by atoms with E-state index in [1.54, 1.807) is 12.3 Å². The number of H-pyrrole nitrogens is 2. The molecule has 4 unspecified atom stereocenters. The first kappa shape index (κ1) is 29.2. The van der Waals surface area contributed by atoms with Crippen LogP contribution in [0.15, 0.2) is 43.0 Å². The third kappa shape index (κ3) is 8.05. The molecule has 0 bridgehead atoms. The monoisotopic (exact) mass is 558 g/mol. The zero-order chi connectivity index (χ0) is 28.5. The summed E-state index contributed by atoms with van der Waals surface area (Å²) in [5.74, 6) is -4.73. The number of aromatic amines is 2. The molecule has 3 rings (SSSR count). The van der Waals surface area contributed by atoms with Crippen molar-refractivity contribution in [1.82, 2.24) is 30.9 Å². The van der Waals surface area contributed by atoms with E-state index in [2.05, 4.69) is 43.5 Å². The highest BCUT2D eigenvalue weighted by molar-refractivity contribution is 7.80. The van der Waals surface area contributed by atoms with E-state index >= 15 is 0 Å². The molecule has 0 saturated heterocycles. The fourth-order valence-corrected chi connectivity index (χ4v) is 4.13. The lowest BCUT2D eigenvalue weighted by Gasteiger charge is -2.24. The summed E-state index contributed by atoms with van der Waals surface area (Å²) in [4.78, 5) is 71.6. The van der Waals surface area contributed by atoms with Crippen LogP contribution in [0.25, 0.3) is 10.9 Å². The van der Waals surface area contributed by atoms with E-state index in [0.717, 1.165) is 10.9 Å². The number of hydrogen-bond acceptors (Lipinski definition) is 8. The fourth-order valence-electron chi connectivity index (χ4n) is 3.87. The van der Waals surface area contributed by atoms with E-state index < -0.39 is 60.2 Å². The van der Waals surface area contributed by atoms with Gasteiger partial charge in [0.1, 0.15) is 18.1 Å². The number of amides is 4. The minimum absolute atomic E-state index is 0.0307. The van der Waals surface area contributed by atoms with Crippen LogP contribution in [-0.4, -0.2) is 79.6 Å². The average Bonchev–Trinajstić information content (AvgIpc) is 3.55. The highest BCUT2D eigenvalue weighted by atomic mass is 32.1. The average molecular weight is 559 g/mol. The molecule has 15 heteroatoms. The molecule has 0 radical (unpaired) electrons. The second-order valence-corrected chi connectivity index (χ2v) is 9.19. The van der Waals surface area contributed by atoms with Crippen molar-refractivity contribution >= 4 is 53.1 Å². The molecule has 0 aliphatic carbocycles. The molecular formula is C24H30N8O6S. The lowest BCUT2D eigenvalue weighted by Crippen LogP contribution is -2.58. The Balaban J connectivity index is 1.77. The maximum Gasteiger partial charge on any atom is 0.326 e. The number of carbonyl (C=O) groups is 5. The Morgan fingerprint density at radius 3 is 2.26 bits per heavy atom. The van der Waals surface area contributed by atoms with Crippen molar-refractivity contribution in [1.29, 1.82) is 0 Å². The first-order valence-corrected chi connectivity index (χ1v) is 12.5. The number of primary amides is 1. The van der Waals surface area contributed by atoms with Crippen molar-refractivity contribution in [3.8, 4) is 0 Å². The second-order valence-electron chi connectivity index (χ2n) is 8.83. The third-order valence-electron chi connectivity index (χ3n) is 5.90. The van der Waals surface area contributed by atoms with Gasteiger partial charge in [0.25, 0.3) is 0 Å². The summed E-state index contributed by atoms with van der Waals surface area (Å²) in [6.45, 7) is 0. The number of carboxylic acids is 1. The molecule has 0 fully saturated rings. The fraction of sp³-hybridized carbons (Fsp3) is 0.333. The number of benzene rings is 1. The van der Waals surface area contributed by atoms with Crippen LogP contribution in [0.2, 0.25) is 0 Å². The maximum absolute atomic E-state index is 13.2. The zero-order valence-corrected chi connectivity index (χ0v) is 21.6. The Bertz CT molecular complexity index is 1330. The van der Waals surface area contributed by atoms with Gasteiger partial charge < -0.3 is 42.5 Å². The quantitative estimate of drug-likeness (QED) is 0.104. The largest absolute Gasteiger partial charge is 0.480 e. The molecule has 39 heavy (non-hydrogen) atoms. The van der Waals surface area contributed by atoms with E-state index in [0.29, 0.717) is 11.3 Å². The van der Waals surface area contributed by atoms with Crippen molar-refractivity contribution < 1.29 is 29.1 Å². The van der Waals surface area contributed by atoms with Gasteiger partial charge in [0, 0.05) is 47.6 Å². The van der Waals surface area contributed by atoms with Crippen molar-refractivity contribution in [2.45, 2.75) is 43.4 Å². The number of hydrogen-bond donors (Lipinski definition) is 9. The molecule has 1 aromatic carbocycles. The summed E-state index contributed by atoms with van der Waals surface area (Å²) < 4.78 is 0. The van der Waals surface area contributed by atoms with Crippen molar-refractivity contribution in [3.63, 3.8) is 0 Å². The molecule has 4 amide bonds. The Morgan fingerprint density at radius 2 is 1.62 bits per heavy atom. The summed E-state index contributed by atoms with van der Waals surface area (Å²) in [7, 11) is 0. The molecule has 2 aromatic heterocycles. The number of fused-ring (bicyclic) bond motifs is 1. The smallest absolute Gasteiger partial charge is 0.326 e. The SMILES string of the molecule is NC(=O)CC(NC(=O)C(Cc1c[nH]c2ccccc12)NC(=O)C(CS)NC(=O)C(N)Cc1cnc[nH]1)C(=O)O. The molecule has 3 aromatic rings. The number of nitrogens with zero attached hydrogens (tertiary/aromatic N) is 1. The maximum atomic E-state index is 13.2. The van der Waals surface area contributed by atoms with Crippen molar-refractivity contribution in [2.75, 3.05) is 5.75 Å². The molecule has 14 nitrogen and oxygen atoms in total. The number of thiol groups is 1. The van der Waals surface area contributed by atoms with Crippen LogP contribution in [0.4, 0.5) is 0 Å². The zero-order valence-electron chi connectivity index (χ0n) is 20.7. The molecule has 10 N–H and O–H groups in total. The number of rotatable bonds is 14. The molecule has 0 spiro atoms. The number of nitrogens with one attached hydrogen (secondary N) is 5. The standard InChI is InChI=1S/C24H30N8O6S/c25-15(6-13-9-27-11-29-13)21(34)32-19(10-39)23(36)30-17(22(35)31-18(24(37)38)7-20(26)33)5-12-8-28-16-4-2-1-3-14(12)16/h1-4,8-9,11,15,17-19,28,39H,5-7,10,25H2,(H2,26,33)(H,27,29)(H,30,36)(H,31,35)(H,32,34)(H,37,38). The molecule has 208 valence electrons. The Morgan fingerprint density at radius 1 is 0.949 bits per heavy atom. The highest BCUT2D eigenvalue weighted by Gasteiger charge is 2.31. The van der Waals surface area contributed by atoms with Crippen molar-refractivity contribution in [3.05, 3.63) is 54.2 Å². The summed E-state index contributed by atoms with van der Waals surface area (Å²) in [6.07, 6.45) is 4.11. The van der Waals surface area contributed by atoms with E-state index in [4.69, 9.17) is 11.5 Å². The lowest BCUT2D eigenvalue weighted by atomic mass is 10.0. The van der Waals surface area contributed by atoms with Gasteiger partial charge in [-0.1, -0.05) is 18.2 Å². The molecule has 0 saturated carbocycles. The molecule has 0 aliphatic heterocycles. The van der Waals surface area contributed by atoms with Gasteiger partial charge in [-0.3, -0.25) is 19.2 Å².